The lowest BCUT2D eigenvalue weighted by atomic mass is 10.2. The molecule has 108 valence electrons. The van der Waals surface area contributed by atoms with Gasteiger partial charge in [0, 0.05) is 35.5 Å². The zero-order valence-electron chi connectivity index (χ0n) is 11.9. The lowest BCUT2D eigenvalue weighted by molar-refractivity contribution is 0.102. The second kappa shape index (κ2) is 6.61. The number of Topliss-reactive ketones (excluding diaryl/α,β-unsaturated/α-hetero) is 1. The van der Waals surface area contributed by atoms with Crippen molar-refractivity contribution in [3.05, 3.63) is 23.0 Å². The van der Waals surface area contributed by atoms with Crippen molar-refractivity contribution < 1.29 is 13.2 Å². The van der Waals surface area contributed by atoms with Crippen LogP contribution in [-0.2, 0) is 16.4 Å². The summed E-state index contributed by atoms with van der Waals surface area (Å²) in [4.78, 5) is 12.1. The minimum absolute atomic E-state index is 0.0753. The van der Waals surface area contributed by atoms with Crippen LogP contribution in [0.3, 0.4) is 0 Å². The van der Waals surface area contributed by atoms with Gasteiger partial charge in [-0.15, -0.1) is 0 Å². The molecule has 0 amide bonds. The normalized spacial score (nSPS) is 11.8. The standard InChI is InChI=1S/C13H21NO3S2/c1-5-14-10(2)8-12(11(14)3)13(15)9-18-6-7-19(4,16)17/h8H,5-7,9H2,1-4H3. The average Bonchev–Trinajstić information content (AvgIpc) is 2.58. The number of ketones is 1. The number of sulfone groups is 1. The summed E-state index contributed by atoms with van der Waals surface area (Å²) in [5.74, 6) is 1.01. The first kappa shape index (κ1) is 16.3. The maximum absolute atomic E-state index is 12.1. The van der Waals surface area contributed by atoms with Crippen LogP contribution in [0.2, 0.25) is 0 Å². The summed E-state index contributed by atoms with van der Waals surface area (Å²) >= 11 is 1.38. The molecule has 1 heterocycles. The van der Waals surface area contributed by atoms with Crippen LogP contribution in [0.1, 0.15) is 28.7 Å². The van der Waals surface area contributed by atoms with Crippen molar-refractivity contribution in [1.82, 2.24) is 4.57 Å². The number of thioether (sulfide) groups is 1. The zero-order chi connectivity index (χ0) is 14.6. The van der Waals surface area contributed by atoms with Crippen LogP contribution in [0.25, 0.3) is 0 Å². The quantitative estimate of drug-likeness (QED) is 0.572. The molecule has 0 aliphatic heterocycles. The van der Waals surface area contributed by atoms with Gasteiger partial charge in [0.2, 0.25) is 0 Å². The molecule has 0 atom stereocenters. The fourth-order valence-electron chi connectivity index (χ4n) is 2.02. The van der Waals surface area contributed by atoms with Crippen LogP contribution in [0.15, 0.2) is 6.07 Å². The summed E-state index contributed by atoms with van der Waals surface area (Å²) in [5, 5.41) is 0. The predicted molar refractivity (Wildman–Crippen MR) is 80.9 cm³/mol. The van der Waals surface area contributed by atoms with Gasteiger partial charge in [0.15, 0.2) is 5.78 Å². The van der Waals surface area contributed by atoms with E-state index in [0.29, 0.717) is 11.5 Å². The monoisotopic (exact) mass is 303 g/mol. The highest BCUT2D eigenvalue weighted by molar-refractivity contribution is 8.01. The van der Waals surface area contributed by atoms with Gasteiger partial charge in [-0.2, -0.15) is 11.8 Å². The van der Waals surface area contributed by atoms with Crippen LogP contribution in [0, 0.1) is 13.8 Å². The van der Waals surface area contributed by atoms with Gasteiger partial charge in [-0.25, -0.2) is 8.42 Å². The third kappa shape index (κ3) is 4.69. The van der Waals surface area contributed by atoms with Crippen molar-refractivity contribution in [2.75, 3.05) is 23.5 Å². The summed E-state index contributed by atoms with van der Waals surface area (Å²) in [6.07, 6.45) is 1.21. The highest BCUT2D eigenvalue weighted by Crippen LogP contribution is 2.17. The van der Waals surface area contributed by atoms with Gasteiger partial charge >= 0.3 is 0 Å². The van der Waals surface area contributed by atoms with E-state index in [1.165, 1.54) is 18.0 Å². The fourth-order valence-corrected chi connectivity index (χ4v) is 4.19. The van der Waals surface area contributed by atoms with Gasteiger partial charge in [-0.1, -0.05) is 0 Å². The highest BCUT2D eigenvalue weighted by atomic mass is 32.2. The molecule has 0 bridgehead atoms. The molecule has 6 heteroatoms. The fraction of sp³-hybridized carbons (Fsp3) is 0.615. The number of aryl methyl sites for hydroxylation is 1. The number of aromatic nitrogens is 1. The molecule has 0 fully saturated rings. The van der Waals surface area contributed by atoms with Crippen molar-refractivity contribution in [3.8, 4) is 0 Å². The minimum atomic E-state index is -2.94. The third-order valence-electron chi connectivity index (χ3n) is 3.02. The van der Waals surface area contributed by atoms with Crippen LogP contribution in [0.4, 0.5) is 0 Å². The second-order valence-corrected chi connectivity index (χ2v) is 8.00. The molecule has 0 radical (unpaired) electrons. The van der Waals surface area contributed by atoms with Crippen molar-refractivity contribution in [2.24, 2.45) is 0 Å². The van der Waals surface area contributed by atoms with Crippen LogP contribution >= 0.6 is 11.8 Å². The molecule has 19 heavy (non-hydrogen) atoms. The Morgan fingerprint density at radius 3 is 2.47 bits per heavy atom. The van der Waals surface area contributed by atoms with E-state index in [0.717, 1.165) is 23.5 Å². The number of hydrogen-bond acceptors (Lipinski definition) is 4. The molecule has 0 N–H and O–H groups in total. The zero-order valence-corrected chi connectivity index (χ0v) is 13.5. The molecule has 0 aliphatic rings. The van der Waals surface area contributed by atoms with Gasteiger partial charge in [0.05, 0.1) is 11.5 Å². The van der Waals surface area contributed by atoms with Gasteiger partial charge in [-0.05, 0) is 26.8 Å². The smallest absolute Gasteiger partial charge is 0.174 e. The van der Waals surface area contributed by atoms with E-state index in [-0.39, 0.29) is 11.5 Å². The molecule has 1 aromatic heterocycles. The molecule has 4 nitrogen and oxygen atoms in total. The minimum Gasteiger partial charge on any atom is -0.349 e. The first-order valence-corrected chi connectivity index (χ1v) is 9.43. The molecule has 0 saturated carbocycles. The highest BCUT2D eigenvalue weighted by Gasteiger charge is 2.15. The molecular weight excluding hydrogens is 282 g/mol. The summed E-state index contributed by atoms with van der Waals surface area (Å²) in [7, 11) is -2.94. The maximum atomic E-state index is 12.1. The molecule has 0 spiro atoms. The Morgan fingerprint density at radius 2 is 2.00 bits per heavy atom. The van der Waals surface area contributed by atoms with Crippen molar-refractivity contribution in [1.29, 1.82) is 0 Å². The number of hydrogen-bond donors (Lipinski definition) is 0. The Labute approximate surface area is 119 Å². The second-order valence-electron chi connectivity index (χ2n) is 4.63. The Morgan fingerprint density at radius 1 is 1.37 bits per heavy atom. The first-order chi connectivity index (χ1) is 8.76. The molecule has 0 saturated heterocycles. The molecule has 0 aromatic carbocycles. The van der Waals surface area contributed by atoms with E-state index in [1.807, 2.05) is 19.9 Å². The third-order valence-corrected chi connectivity index (χ3v) is 5.19. The van der Waals surface area contributed by atoms with E-state index in [1.54, 1.807) is 0 Å². The summed E-state index contributed by atoms with van der Waals surface area (Å²) in [5.41, 5.74) is 2.84. The van der Waals surface area contributed by atoms with E-state index < -0.39 is 9.84 Å². The Hall–Kier alpha value is -0.750. The topological polar surface area (TPSA) is 56.1 Å². The number of carbonyl (C=O) groups is 1. The van der Waals surface area contributed by atoms with Gasteiger partial charge < -0.3 is 4.57 Å². The van der Waals surface area contributed by atoms with Gasteiger partial charge in [-0.3, -0.25) is 4.79 Å². The Bertz CT molecular complexity index is 559. The summed E-state index contributed by atoms with van der Waals surface area (Å²) in [6.45, 7) is 6.84. The first-order valence-electron chi connectivity index (χ1n) is 6.21. The van der Waals surface area contributed by atoms with E-state index in [4.69, 9.17) is 0 Å². The molecule has 0 aliphatic carbocycles. The van der Waals surface area contributed by atoms with Crippen molar-refractivity contribution in [2.45, 2.75) is 27.3 Å². The number of rotatable bonds is 7. The maximum Gasteiger partial charge on any atom is 0.174 e. The molecular formula is C13H21NO3S2. The van der Waals surface area contributed by atoms with E-state index in [2.05, 4.69) is 11.5 Å². The lowest BCUT2D eigenvalue weighted by Gasteiger charge is -2.05. The molecule has 0 unspecified atom stereocenters. The van der Waals surface area contributed by atoms with Crippen molar-refractivity contribution >= 4 is 27.4 Å². The van der Waals surface area contributed by atoms with Gasteiger partial charge in [0.1, 0.15) is 9.84 Å². The predicted octanol–water partition coefficient (Wildman–Crippen LogP) is 2.09. The van der Waals surface area contributed by atoms with Crippen LogP contribution in [-0.4, -0.2) is 42.3 Å². The van der Waals surface area contributed by atoms with Crippen LogP contribution in [0.5, 0.6) is 0 Å². The largest absolute Gasteiger partial charge is 0.349 e. The van der Waals surface area contributed by atoms with Crippen molar-refractivity contribution in [3.63, 3.8) is 0 Å². The molecule has 1 rings (SSSR count). The summed E-state index contributed by atoms with van der Waals surface area (Å²) in [6, 6.07) is 1.91. The Balaban J connectivity index is 2.60. The lowest BCUT2D eigenvalue weighted by Crippen LogP contribution is -2.09. The van der Waals surface area contributed by atoms with Crippen LogP contribution < -0.4 is 0 Å². The van der Waals surface area contributed by atoms with Gasteiger partial charge in [0.25, 0.3) is 0 Å². The average molecular weight is 303 g/mol. The molecule has 1 aromatic rings. The Kier molecular flexibility index (Phi) is 5.67. The SMILES string of the molecule is CCn1c(C)cc(C(=O)CSCCS(C)(=O)=O)c1C. The number of nitrogens with zero attached hydrogens (tertiary/aromatic N) is 1. The van der Waals surface area contributed by atoms with E-state index >= 15 is 0 Å². The van der Waals surface area contributed by atoms with E-state index in [9.17, 15) is 13.2 Å². The number of carbonyl (C=O) groups excluding carboxylic acids is 1. The summed E-state index contributed by atoms with van der Waals surface area (Å²) < 4.78 is 24.1.